The molecule has 0 radical (unpaired) electrons. The van der Waals surface area contributed by atoms with Crippen LogP contribution < -0.4 is 14.2 Å². The average molecular weight is 632 g/mol. The van der Waals surface area contributed by atoms with E-state index < -0.39 is 30.7 Å². The number of aliphatic carboxylic acids is 1. The van der Waals surface area contributed by atoms with Crippen molar-refractivity contribution in [2.24, 2.45) is 5.92 Å². The summed E-state index contributed by atoms with van der Waals surface area (Å²) < 4.78 is 22.5. The Morgan fingerprint density at radius 1 is 0.913 bits per heavy atom. The summed E-state index contributed by atoms with van der Waals surface area (Å²) in [5.41, 5.74) is 2.59. The molecule has 0 aliphatic carbocycles. The van der Waals surface area contributed by atoms with E-state index >= 15 is 0 Å². The number of hydrogen-bond acceptors (Lipinski definition) is 7. The standard InChI is InChI=1S/C37H45NO8/c1-5-25(2)35(27-12-7-6-8-13-27)36(41)38-21-10-9-16-30(38)37(42)46-31(28-14-11-15-29(23-28)45-24-34(39)40)19-17-26-18-20-32(43-3)33(22-26)44-4/h6-8,11-15,18,20,22-23,25,30-31,35H,5,9-10,16-17,19,21,24H2,1-4H3,(H,39,40)/t25?,30-,31?,35?/m0/s1. The third-order valence-corrected chi connectivity index (χ3v) is 8.69. The summed E-state index contributed by atoms with van der Waals surface area (Å²) in [7, 11) is 3.16. The summed E-state index contributed by atoms with van der Waals surface area (Å²) in [6, 6.07) is 21.7. The van der Waals surface area contributed by atoms with Crippen molar-refractivity contribution in [3.63, 3.8) is 0 Å². The number of piperidine rings is 1. The van der Waals surface area contributed by atoms with E-state index in [1.807, 2.05) is 54.6 Å². The number of nitrogens with zero attached hydrogens (tertiary/aromatic N) is 1. The number of carbonyl (C=O) groups excluding carboxylic acids is 2. The fourth-order valence-electron chi connectivity index (χ4n) is 6.03. The van der Waals surface area contributed by atoms with E-state index in [0.29, 0.717) is 48.6 Å². The third kappa shape index (κ3) is 8.80. The van der Waals surface area contributed by atoms with Crippen molar-refractivity contribution in [3.8, 4) is 17.2 Å². The van der Waals surface area contributed by atoms with Crippen LogP contribution in [0.15, 0.2) is 72.8 Å². The van der Waals surface area contributed by atoms with Crippen LogP contribution in [-0.2, 0) is 25.5 Å². The lowest BCUT2D eigenvalue weighted by Gasteiger charge is -2.38. The predicted octanol–water partition coefficient (Wildman–Crippen LogP) is 6.60. The molecule has 3 unspecified atom stereocenters. The number of hydrogen-bond donors (Lipinski definition) is 1. The van der Waals surface area contributed by atoms with Crippen molar-refractivity contribution >= 4 is 17.8 Å². The molecule has 1 amide bonds. The summed E-state index contributed by atoms with van der Waals surface area (Å²) >= 11 is 0. The Bertz CT molecular complexity index is 1460. The second-order valence-corrected chi connectivity index (χ2v) is 11.7. The number of carboxylic acid groups (broad SMARTS) is 1. The normalized spacial score (nSPS) is 16.5. The number of aryl methyl sites for hydroxylation is 1. The Balaban J connectivity index is 1.60. The number of likely N-dealkylation sites (tertiary alicyclic amines) is 1. The van der Waals surface area contributed by atoms with Gasteiger partial charge in [-0.3, -0.25) is 4.79 Å². The van der Waals surface area contributed by atoms with E-state index in [1.54, 1.807) is 37.3 Å². The van der Waals surface area contributed by atoms with Gasteiger partial charge in [0.25, 0.3) is 0 Å². The minimum absolute atomic E-state index is 0.0480. The van der Waals surface area contributed by atoms with Crippen molar-refractivity contribution in [1.82, 2.24) is 4.90 Å². The molecule has 9 nitrogen and oxygen atoms in total. The topological polar surface area (TPSA) is 112 Å². The molecule has 0 saturated carbocycles. The van der Waals surface area contributed by atoms with Gasteiger partial charge >= 0.3 is 11.9 Å². The Kier molecular flexibility index (Phi) is 12.5. The number of methoxy groups -OCH3 is 2. The van der Waals surface area contributed by atoms with Gasteiger partial charge in [-0.2, -0.15) is 0 Å². The van der Waals surface area contributed by atoms with Crippen molar-refractivity contribution in [1.29, 1.82) is 0 Å². The van der Waals surface area contributed by atoms with Crippen LogP contribution in [0.5, 0.6) is 17.2 Å². The molecule has 4 atom stereocenters. The molecular formula is C37H45NO8. The molecule has 4 rings (SSSR count). The van der Waals surface area contributed by atoms with E-state index in [4.69, 9.17) is 24.1 Å². The molecule has 1 heterocycles. The first kappa shape index (κ1) is 34.3. The first-order valence-corrected chi connectivity index (χ1v) is 16.0. The minimum atomic E-state index is -1.09. The maximum absolute atomic E-state index is 14.2. The second kappa shape index (κ2) is 16.7. The van der Waals surface area contributed by atoms with Gasteiger partial charge in [0.05, 0.1) is 20.1 Å². The number of esters is 1. The Morgan fingerprint density at radius 2 is 1.65 bits per heavy atom. The van der Waals surface area contributed by atoms with Crippen molar-refractivity contribution in [2.75, 3.05) is 27.4 Å². The van der Waals surface area contributed by atoms with E-state index in [-0.39, 0.29) is 17.7 Å². The lowest BCUT2D eigenvalue weighted by molar-refractivity contribution is -0.163. The fraction of sp³-hybridized carbons (Fsp3) is 0.432. The highest BCUT2D eigenvalue weighted by molar-refractivity contribution is 5.89. The molecule has 1 N–H and O–H groups in total. The number of carbonyl (C=O) groups is 3. The Morgan fingerprint density at radius 3 is 2.35 bits per heavy atom. The van der Waals surface area contributed by atoms with Crippen LogP contribution in [0.4, 0.5) is 0 Å². The van der Waals surface area contributed by atoms with Crippen LogP contribution in [0.25, 0.3) is 0 Å². The molecule has 1 aliphatic heterocycles. The first-order chi connectivity index (χ1) is 22.2. The largest absolute Gasteiger partial charge is 0.493 e. The van der Waals surface area contributed by atoms with E-state index in [9.17, 15) is 14.4 Å². The van der Waals surface area contributed by atoms with E-state index in [1.165, 1.54) is 0 Å². The molecule has 1 saturated heterocycles. The van der Waals surface area contributed by atoms with Gasteiger partial charge in [0.2, 0.25) is 5.91 Å². The van der Waals surface area contributed by atoms with Crippen molar-refractivity contribution in [2.45, 2.75) is 70.4 Å². The Hall–Kier alpha value is -4.53. The van der Waals surface area contributed by atoms with Gasteiger partial charge in [-0.25, -0.2) is 9.59 Å². The van der Waals surface area contributed by atoms with Gasteiger partial charge in [-0.1, -0.05) is 68.8 Å². The first-order valence-electron chi connectivity index (χ1n) is 16.0. The number of carboxylic acids is 1. The number of rotatable bonds is 15. The van der Waals surface area contributed by atoms with Gasteiger partial charge in [-0.05, 0) is 79.0 Å². The van der Waals surface area contributed by atoms with Crippen LogP contribution in [0.3, 0.4) is 0 Å². The van der Waals surface area contributed by atoms with Crippen LogP contribution in [-0.4, -0.2) is 61.3 Å². The van der Waals surface area contributed by atoms with Crippen LogP contribution in [0.2, 0.25) is 0 Å². The fourth-order valence-corrected chi connectivity index (χ4v) is 6.03. The molecule has 9 heteroatoms. The predicted molar refractivity (Wildman–Crippen MR) is 174 cm³/mol. The van der Waals surface area contributed by atoms with Crippen molar-refractivity contribution < 1.29 is 38.4 Å². The quantitative estimate of drug-likeness (QED) is 0.187. The third-order valence-electron chi connectivity index (χ3n) is 8.69. The van der Waals surface area contributed by atoms with Crippen LogP contribution in [0.1, 0.15) is 74.7 Å². The highest BCUT2D eigenvalue weighted by atomic mass is 16.5. The smallest absolute Gasteiger partial charge is 0.341 e. The maximum atomic E-state index is 14.2. The lowest BCUT2D eigenvalue weighted by Crippen LogP contribution is -2.51. The lowest BCUT2D eigenvalue weighted by atomic mass is 9.83. The zero-order chi connectivity index (χ0) is 33.1. The van der Waals surface area contributed by atoms with Crippen LogP contribution in [0, 0.1) is 5.92 Å². The van der Waals surface area contributed by atoms with Crippen LogP contribution >= 0.6 is 0 Å². The zero-order valence-electron chi connectivity index (χ0n) is 27.1. The average Bonchev–Trinajstić information content (AvgIpc) is 3.09. The number of ether oxygens (including phenoxy) is 4. The molecule has 246 valence electrons. The molecule has 0 spiro atoms. The van der Waals surface area contributed by atoms with Gasteiger partial charge < -0.3 is 29.0 Å². The molecule has 3 aromatic carbocycles. The number of amides is 1. The van der Waals surface area contributed by atoms with Gasteiger partial charge in [0, 0.05) is 6.54 Å². The molecule has 3 aromatic rings. The van der Waals surface area contributed by atoms with Gasteiger partial charge in [0.1, 0.15) is 17.9 Å². The van der Waals surface area contributed by atoms with Gasteiger partial charge in [-0.15, -0.1) is 0 Å². The Labute approximate surface area is 271 Å². The summed E-state index contributed by atoms with van der Waals surface area (Å²) in [6.45, 7) is 4.16. The molecule has 1 fully saturated rings. The highest BCUT2D eigenvalue weighted by Gasteiger charge is 2.39. The second-order valence-electron chi connectivity index (χ2n) is 11.7. The SMILES string of the molecule is CCC(C)C(C(=O)N1CCCC[C@H]1C(=O)OC(CCc1ccc(OC)c(OC)c1)c1cccc(OCC(=O)O)c1)c1ccccc1. The highest BCUT2D eigenvalue weighted by Crippen LogP contribution is 2.34. The molecule has 0 aromatic heterocycles. The summed E-state index contributed by atoms with van der Waals surface area (Å²) in [6.07, 6.45) is 3.30. The minimum Gasteiger partial charge on any atom is -0.493 e. The summed E-state index contributed by atoms with van der Waals surface area (Å²) in [4.78, 5) is 41.1. The summed E-state index contributed by atoms with van der Waals surface area (Å²) in [5, 5.41) is 9.09. The maximum Gasteiger partial charge on any atom is 0.341 e. The molecule has 1 aliphatic rings. The van der Waals surface area contributed by atoms with E-state index in [2.05, 4.69) is 13.8 Å². The van der Waals surface area contributed by atoms with Crippen molar-refractivity contribution in [3.05, 3.63) is 89.5 Å². The monoisotopic (exact) mass is 631 g/mol. The van der Waals surface area contributed by atoms with Gasteiger partial charge in [0.15, 0.2) is 18.1 Å². The zero-order valence-corrected chi connectivity index (χ0v) is 27.1. The van der Waals surface area contributed by atoms with E-state index in [0.717, 1.165) is 30.4 Å². The molecule has 46 heavy (non-hydrogen) atoms. The number of benzene rings is 3. The molecular weight excluding hydrogens is 586 g/mol. The molecule has 0 bridgehead atoms. The summed E-state index contributed by atoms with van der Waals surface area (Å²) in [5.74, 6) is -0.268.